The van der Waals surface area contributed by atoms with Gasteiger partial charge in [0, 0.05) is 5.56 Å². The van der Waals surface area contributed by atoms with Crippen molar-refractivity contribution >= 4 is 12.6 Å². The number of aliphatic hydroxyl groups excluding tert-OH is 1. The molecule has 0 unspecified atom stereocenters. The van der Waals surface area contributed by atoms with Crippen LogP contribution in [0.1, 0.15) is 38.8 Å². The molecule has 1 saturated heterocycles. The van der Waals surface area contributed by atoms with E-state index in [2.05, 4.69) is 0 Å². The molecular formula is C20H25BO4. The minimum Gasteiger partial charge on any atom is -0.489 e. The van der Waals surface area contributed by atoms with Gasteiger partial charge in [0.15, 0.2) is 0 Å². The Morgan fingerprint density at radius 2 is 1.60 bits per heavy atom. The predicted molar refractivity (Wildman–Crippen MR) is 98.9 cm³/mol. The summed E-state index contributed by atoms with van der Waals surface area (Å²) in [4.78, 5) is 0. The highest BCUT2D eigenvalue weighted by molar-refractivity contribution is 6.62. The van der Waals surface area contributed by atoms with Gasteiger partial charge in [-0.15, -0.1) is 0 Å². The first-order valence-corrected chi connectivity index (χ1v) is 8.58. The first kappa shape index (κ1) is 18.0. The summed E-state index contributed by atoms with van der Waals surface area (Å²) in [5.41, 5.74) is 1.93. The number of hydrogen-bond donors (Lipinski definition) is 1. The lowest BCUT2D eigenvalue weighted by Gasteiger charge is -2.32. The second kappa shape index (κ2) is 6.83. The van der Waals surface area contributed by atoms with Crippen LogP contribution in [0.15, 0.2) is 48.5 Å². The van der Waals surface area contributed by atoms with Crippen LogP contribution in [0.25, 0.3) is 0 Å². The lowest BCUT2D eigenvalue weighted by Crippen LogP contribution is -2.41. The molecule has 4 nitrogen and oxygen atoms in total. The smallest absolute Gasteiger partial charge is 0.489 e. The molecule has 1 aliphatic rings. The summed E-state index contributed by atoms with van der Waals surface area (Å²) in [5.74, 6) is 0.651. The fraction of sp³-hybridized carbons (Fsp3) is 0.400. The lowest BCUT2D eigenvalue weighted by molar-refractivity contribution is 0.00578. The number of benzene rings is 2. The van der Waals surface area contributed by atoms with Crippen molar-refractivity contribution in [1.82, 2.24) is 0 Å². The Labute approximate surface area is 149 Å². The van der Waals surface area contributed by atoms with Gasteiger partial charge >= 0.3 is 7.12 Å². The maximum atomic E-state index is 9.60. The third-order valence-corrected chi connectivity index (χ3v) is 5.02. The summed E-state index contributed by atoms with van der Waals surface area (Å²) < 4.78 is 18.1. The van der Waals surface area contributed by atoms with Crippen molar-refractivity contribution < 1.29 is 19.2 Å². The molecule has 1 N–H and O–H groups in total. The van der Waals surface area contributed by atoms with Gasteiger partial charge in [0.2, 0.25) is 0 Å². The summed E-state index contributed by atoms with van der Waals surface area (Å²) >= 11 is 0. The van der Waals surface area contributed by atoms with E-state index in [9.17, 15) is 5.11 Å². The van der Waals surface area contributed by atoms with Crippen LogP contribution in [0.3, 0.4) is 0 Å². The normalized spacial score (nSPS) is 18.4. The largest absolute Gasteiger partial charge is 0.494 e. The minimum absolute atomic E-state index is 0.0756. The Bertz CT molecular complexity index is 712. The minimum atomic E-state index is -0.447. The zero-order valence-corrected chi connectivity index (χ0v) is 15.3. The van der Waals surface area contributed by atoms with Gasteiger partial charge in [-0.25, -0.2) is 0 Å². The van der Waals surface area contributed by atoms with Crippen LogP contribution in [0.5, 0.6) is 5.75 Å². The molecule has 25 heavy (non-hydrogen) atoms. The van der Waals surface area contributed by atoms with Crippen LogP contribution < -0.4 is 10.2 Å². The van der Waals surface area contributed by atoms with Gasteiger partial charge in [0.05, 0.1) is 17.8 Å². The fourth-order valence-electron chi connectivity index (χ4n) is 2.70. The number of hydrogen-bond acceptors (Lipinski definition) is 4. The molecule has 0 amide bonds. The Morgan fingerprint density at radius 1 is 0.960 bits per heavy atom. The van der Waals surface area contributed by atoms with Gasteiger partial charge in [0.1, 0.15) is 12.4 Å². The number of aliphatic hydroxyl groups is 1. The Hall–Kier alpha value is -1.82. The van der Waals surface area contributed by atoms with Gasteiger partial charge in [-0.05, 0) is 44.8 Å². The topological polar surface area (TPSA) is 47.9 Å². The average molecular weight is 340 g/mol. The molecule has 5 heteroatoms. The van der Waals surface area contributed by atoms with Crippen LogP contribution in [0.2, 0.25) is 0 Å². The zero-order valence-electron chi connectivity index (χ0n) is 15.3. The number of rotatable bonds is 5. The molecule has 2 aromatic carbocycles. The van der Waals surface area contributed by atoms with Crippen molar-refractivity contribution in [2.45, 2.75) is 52.1 Å². The molecule has 0 radical (unpaired) electrons. The van der Waals surface area contributed by atoms with Crippen LogP contribution >= 0.6 is 0 Å². The van der Waals surface area contributed by atoms with E-state index >= 15 is 0 Å². The van der Waals surface area contributed by atoms with Crippen molar-refractivity contribution in [1.29, 1.82) is 0 Å². The highest BCUT2D eigenvalue weighted by Crippen LogP contribution is 2.36. The molecule has 0 aromatic heterocycles. The van der Waals surface area contributed by atoms with E-state index in [1.165, 1.54) is 0 Å². The van der Waals surface area contributed by atoms with E-state index in [1.54, 1.807) is 0 Å². The van der Waals surface area contributed by atoms with Crippen LogP contribution in [-0.4, -0.2) is 23.4 Å². The standard InChI is InChI=1S/C20H25BO4/c1-19(2)20(3,4)25-21(24-19)17-11-10-16(13-22)18(12-17)23-14-15-8-6-5-7-9-15/h5-12,22H,13-14H2,1-4H3. The monoisotopic (exact) mass is 340 g/mol. The second-order valence-corrected chi connectivity index (χ2v) is 7.39. The summed E-state index contributed by atoms with van der Waals surface area (Å²) in [5, 5.41) is 9.60. The van der Waals surface area contributed by atoms with Gasteiger partial charge in [-0.3, -0.25) is 0 Å². The van der Waals surface area contributed by atoms with Crippen LogP contribution in [0, 0.1) is 0 Å². The maximum Gasteiger partial charge on any atom is 0.494 e. The summed E-state index contributed by atoms with van der Waals surface area (Å²) in [6.45, 7) is 8.49. The van der Waals surface area contributed by atoms with E-state index in [4.69, 9.17) is 14.0 Å². The molecule has 132 valence electrons. The van der Waals surface area contributed by atoms with Crippen molar-refractivity contribution in [3.63, 3.8) is 0 Å². The van der Waals surface area contributed by atoms with Crippen molar-refractivity contribution in [3.05, 3.63) is 59.7 Å². The molecule has 2 aromatic rings. The zero-order chi connectivity index (χ0) is 18.1. The van der Waals surface area contributed by atoms with Gasteiger partial charge < -0.3 is 19.2 Å². The summed E-state index contributed by atoms with van der Waals surface area (Å²) in [6.07, 6.45) is 0. The molecule has 0 aliphatic carbocycles. The third kappa shape index (κ3) is 3.74. The molecule has 1 heterocycles. The van der Waals surface area contributed by atoms with Crippen LogP contribution in [0.4, 0.5) is 0 Å². The van der Waals surface area contributed by atoms with Gasteiger partial charge in [-0.2, -0.15) is 0 Å². The first-order chi connectivity index (χ1) is 11.8. The van der Waals surface area contributed by atoms with E-state index in [0.29, 0.717) is 12.4 Å². The van der Waals surface area contributed by atoms with Crippen LogP contribution in [-0.2, 0) is 22.5 Å². The molecular weight excluding hydrogens is 315 g/mol. The SMILES string of the molecule is CC1(C)OB(c2ccc(CO)c(OCc3ccccc3)c2)OC1(C)C. The highest BCUT2D eigenvalue weighted by Gasteiger charge is 2.51. The highest BCUT2D eigenvalue weighted by atomic mass is 16.7. The Balaban J connectivity index is 1.81. The Kier molecular flexibility index (Phi) is 4.91. The van der Waals surface area contributed by atoms with Gasteiger partial charge in [-0.1, -0.05) is 42.5 Å². The molecule has 3 rings (SSSR count). The van der Waals surface area contributed by atoms with E-state index in [0.717, 1.165) is 16.6 Å². The lowest BCUT2D eigenvalue weighted by atomic mass is 9.78. The number of ether oxygens (including phenoxy) is 1. The molecule has 0 spiro atoms. The molecule has 0 saturated carbocycles. The van der Waals surface area contributed by atoms with Crippen molar-refractivity contribution in [2.24, 2.45) is 0 Å². The summed E-state index contributed by atoms with van der Waals surface area (Å²) in [7, 11) is -0.447. The molecule has 0 atom stereocenters. The van der Waals surface area contributed by atoms with Crippen molar-refractivity contribution in [2.75, 3.05) is 0 Å². The van der Waals surface area contributed by atoms with E-state index in [1.807, 2.05) is 76.2 Å². The third-order valence-electron chi connectivity index (χ3n) is 5.02. The fourth-order valence-corrected chi connectivity index (χ4v) is 2.70. The van der Waals surface area contributed by atoms with E-state index < -0.39 is 18.3 Å². The van der Waals surface area contributed by atoms with E-state index in [-0.39, 0.29) is 6.61 Å². The summed E-state index contributed by atoms with van der Waals surface area (Å²) in [6, 6.07) is 15.6. The first-order valence-electron chi connectivity index (χ1n) is 8.58. The molecule has 0 bridgehead atoms. The molecule has 1 fully saturated rings. The quantitative estimate of drug-likeness (QED) is 0.850. The Morgan fingerprint density at radius 3 is 2.20 bits per heavy atom. The van der Waals surface area contributed by atoms with Gasteiger partial charge in [0.25, 0.3) is 0 Å². The predicted octanol–water partition coefficient (Wildman–Crippen LogP) is 3.06. The maximum absolute atomic E-state index is 9.60. The second-order valence-electron chi connectivity index (χ2n) is 7.39. The average Bonchev–Trinajstić information content (AvgIpc) is 2.81. The van der Waals surface area contributed by atoms with Crippen molar-refractivity contribution in [3.8, 4) is 5.75 Å². The molecule has 1 aliphatic heterocycles.